The molecule has 0 fully saturated rings. The Hall–Kier alpha value is -1.63. The molecule has 0 radical (unpaired) electrons. The molecule has 0 atom stereocenters. The predicted octanol–water partition coefficient (Wildman–Crippen LogP) is 4.92. The summed E-state index contributed by atoms with van der Waals surface area (Å²) in [5.41, 5.74) is 4.17. The van der Waals surface area contributed by atoms with Gasteiger partial charge < -0.3 is 0 Å². The Morgan fingerprint density at radius 3 is 2.41 bits per heavy atom. The maximum Gasteiger partial charge on any atom is 0.0701 e. The van der Waals surface area contributed by atoms with Crippen LogP contribution in [0.2, 0.25) is 0 Å². The van der Waals surface area contributed by atoms with Crippen LogP contribution in [0.25, 0.3) is 0 Å². The number of rotatable bonds is 3. The van der Waals surface area contributed by atoms with Crippen LogP contribution in [0, 0.1) is 6.92 Å². The van der Waals surface area contributed by atoms with E-state index in [-0.39, 0.29) is 0 Å². The molecule has 0 N–H and O–H groups in total. The van der Waals surface area contributed by atoms with Crippen LogP contribution in [-0.2, 0) is 0 Å². The maximum absolute atomic E-state index is 4.41. The zero-order chi connectivity index (χ0) is 13.3. The number of aliphatic imine (C=N–C) groups is 1. The van der Waals surface area contributed by atoms with Gasteiger partial charge in [-0.1, -0.05) is 50.3 Å². The van der Waals surface area contributed by atoms with Gasteiger partial charge in [-0.3, -0.25) is 4.99 Å². The zero-order valence-corrected chi connectivity index (χ0v) is 11.6. The Morgan fingerprint density at radius 2 is 1.94 bits per heavy atom. The third-order valence-electron chi connectivity index (χ3n) is 1.95. The largest absolute Gasteiger partial charge is 0.254 e. The first kappa shape index (κ1) is 15.4. The number of allylic oxidation sites excluding steroid dienone is 3. The molecular formula is C16H23N. The van der Waals surface area contributed by atoms with Crippen molar-refractivity contribution in [3.05, 3.63) is 59.8 Å². The van der Waals surface area contributed by atoms with Crippen LogP contribution in [0.1, 0.15) is 38.8 Å². The number of benzene rings is 1. The van der Waals surface area contributed by atoms with E-state index in [9.17, 15) is 0 Å². The summed E-state index contributed by atoms with van der Waals surface area (Å²) in [5, 5.41) is 0. The second kappa shape index (κ2) is 8.51. The van der Waals surface area contributed by atoms with Gasteiger partial charge in [0, 0.05) is 11.3 Å². The predicted molar refractivity (Wildman–Crippen MR) is 78.7 cm³/mol. The molecular weight excluding hydrogens is 206 g/mol. The Morgan fingerprint density at radius 1 is 1.29 bits per heavy atom. The van der Waals surface area contributed by atoms with Crippen LogP contribution in [0.3, 0.4) is 0 Å². The molecule has 0 amide bonds. The summed E-state index contributed by atoms with van der Waals surface area (Å²) in [5.74, 6) is 0. The van der Waals surface area contributed by atoms with E-state index in [0.29, 0.717) is 0 Å². The molecule has 0 saturated carbocycles. The van der Waals surface area contributed by atoms with Gasteiger partial charge in [0.15, 0.2) is 0 Å². The van der Waals surface area contributed by atoms with E-state index in [4.69, 9.17) is 0 Å². The van der Waals surface area contributed by atoms with Crippen molar-refractivity contribution in [3.8, 4) is 0 Å². The van der Waals surface area contributed by atoms with Gasteiger partial charge in [-0.2, -0.15) is 0 Å². The third kappa shape index (κ3) is 5.86. The first-order valence-electron chi connectivity index (χ1n) is 6.07. The monoisotopic (exact) mass is 229 g/mol. The molecule has 92 valence electrons. The zero-order valence-electron chi connectivity index (χ0n) is 11.6. The van der Waals surface area contributed by atoms with Crippen LogP contribution >= 0.6 is 0 Å². The quantitative estimate of drug-likeness (QED) is 0.652. The SMILES string of the molecule is C=C(C)N=C(/C=C\C)c1cccc(C)c1.CC. The fourth-order valence-electron chi connectivity index (χ4n) is 1.37. The average Bonchev–Trinajstić information content (AvgIpc) is 2.30. The van der Waals surface area contributed by atoms with E-state index in [1.54, 1.807) is 0 Å². The van der Waals surface area contributed by atoms with E-state index in [1.165, 1.54) is 5.56 Å². The highest BCUT2D eigenvalue weighted by Gasteiger charge is 1.99. The van der Waals surface area contributed by atoms with Gasteiger partial charge in [0.2, 0.25) is 0 Å². The van der Waals surface area contributed by atoms with Gasteiger partial charge in [0.1, 0.15) is 0 Å². The van der Waals surface area contributed by atoms with Crippen molar-refractivity contribution in [2.75, 3.05) is 0 Å². The van der Waals surface area contributed by atoms with Gasteiger partial charge >= 0.3 is 0 Å². The lowest BCUT2D eigenvalue weighted by Crippen LogP contribution is -1.97. The lowest BCUT2D eigenvalue weighted by atomic mass is 10.1. The summed E-state index contributed by atoms with van der Waals surface area (Å²) in [6, 6.07) is 8.32. The van der Waals surface area contributed by atoms with Gasteiger partial charge in [0.05, 0.1) is 5.71 Å². The fourth-order valence-corrected chi connectivity index (χ4v) is 1.37. The third-order valence-corrected chi connectivity index (χ3v) is 1.95. The van der Waals surface area contributed by atoms with Gasteiger partial charge in [-0.25, -0.2) is 0 Å². The van der Waals surface area contributed by atoms with Gasteiger partial charge in [-0.15, -0.1) is 0 Å². The number of hydrogen-bond acceptors (Lipinski definition) is 1. The van der Waals surface area contributed by atoms with Crippen LogP contribution < -0.4 is 0 Å². The van der Waals surface area contributed by atoms with E-state index in [0.717, 1.165) is 17.0 Å². The highest BCUT2D eigenvalue weighted by Crippen LogP contribution is 2.08. The Bertz CT molecular complexity index is 411. The normalized spacial score (nSPS) is 11.0. The maximum atomic E-state index is 4.41. The summed E-state index contributed by atoms with van der Waals surface area (Å²) in [7, 11) is 0. The first-order chi connectivity index (χ1) is 8.13. The molecule has 0 aromatic heterocycles. The molecule has 0 saturated heterocycles. The van der Waals surface area contributed by atoms with Crippen LogP contribution in [0.5, 0.6) is 0 Å². The molecule has 0 aliphatic heterocycles. The molecule has 0 bridgehead atoms. The topological polar surface area (TPSA) is 12.4 Å². The van der Waals surface area contributed by atoms with Crippen LogP contribution in [-0.4, -0.2) is 5.71 Å². The summed E-state index contributed by atoms with van der Waals surface area (Å²) in [4.78, 5) is 4.41. The summed E-state index contributed by atoms with van der Waals surface area (Å²) < 4.78 is 0. The average molecular weight is 229 g/mol. The lowest BCUT2D eigenvalue weighted by Gasteiger charge is -2.03. The second-order valence-electron chi connectivity index (χ2n) is 3.60. The Kier molecular flexibility index (Phi) is 7.70. The van der Waals surface area contributed by atoms with E-state index >= 15 is 0 Å². The van der Waals surface area contributed by atoms with E-state index in [1.807, 2.05) is 45.9 Å². The van der Waals surface area contributed by atoms with Crippen LogP contribution in [0.15, 0.2) is 53.7 Å². The summed E-state index contributed by atoms with van der Waals surface area (Å²) in [6.07, 6.45) is 3.99. The fraction of sp³-hybridized carbons (Fsp3) is 0.312. The molecule has 0 aliphatic carbocycles. The molecule has 0 unspecified atom stereocenters. The van der Waals surface area contributed by atoms with Crippen molar-refractivity contribution >= 4 is 5.71 Å². The molecule has 1 aromatic carbocycles. The van der Waals surface area contributed by atoms with Crippen LogP contribution in [0.4, 0.5) is 0 Å². The van der Waals surface area contributed by atoms with E-state index in [2.05, 4.69) is 36.7 Å². The molecule has 1 nitrogen and oxygen atoms in total. The van der Waals surface area contributed by atoms with Crippen molar-refractivity contribution in [1.29, 1.82) is 0 Å². The smallest absolute Gasteiger partial charge is 0.0701 e. The van der Waals surface area contributed by atoms with Crippen molar-refractivity contribution in [2.24, 2.45) is 4.99 Å². The summed E-state index contributed by atoms with van der Waals surface area (Å²) in [6.45, 7) is 13.8. The van der Waals surface area contributed by atoms with Gasteiger partial charge in [0.25, 0.3) is 0 Å². The van der Waals surface area contributed by atoms with Crippen molar-refractivity contribution in [1.82, 2.24) is 0 Å². The minimum absolute atomic E-state index is 0.824. The van der Waals surface area contributed by atoms with Gasteiger partial charge in [-0.05, 0) is 32.9 Å². The highest BCUT2D eigenvalue weighted by molar-refractivity contribution is 6.09. The summed E-state index contributed by atoms with van der Waals surface area (Å²) >= 11 is 0. The van der Waals surface area contributed by atoms with Crippen molar-refractivity contribution in [2.45, 2.75) is 34.6 Å². The Balaban J connectivity index is 0.00000121. The Labute approximate surface area is 106 Å². The first-order valence-corrected chi connectivity index (χ1v) is 6.07. The minimum Gasteiger partial charge on any atom is -0.254 e. The van der Waals surface area contributed by atoms with Crippen molar-refractivity contribution in [3.63, 3.8) is 0 Å². The lowest BCUT2D eigenvalue weighted by molar-refractivity contribution is 1.32. The molecule has 1 aromatic rings. The molecule has 0 heterocycles. The molecule has 1 rings (SSSR count). The molecule has 17 heavy (non-hydrogen) atoms. The number of nitrogens with zero attached hydrogens (tertiary/aromatic N) is 1. The number of aryl methyl sites for hydroxylation is 1. The minimum atomic E-state index is 0.824. The second-order valence-corrected chi connectivity index (χ2v) is 3.60. The van der Waals surface area contributed by atoms with Crippen molar-refractivity contribution < 1.29 is 0 Å². The molecule has 1 heteroatoms. The molecule has 0 spiro atoms. The number of hydrogen-bond donors (Lipinski definition) is 0. The standard InChI is InChI=1S/C14H17N.C2H6/c1-5-7-14(15-11(2)3)13-9-6-8-12(4)10-13;1-2/h5-10H,2H2,1,3-4H3;1-2H3/b7-5-,15-14?;. The van der Waals surface area contributed by atoms with E-state index < -0.39 is 0 Å². The molecule has 0 aliphatic rings. The highest BCUT2D eigenvalue weighted by atomic mass is 14.7.